The number of aromatic amines is 1. The molecule has 2 heterocycles. The normalized spacial score (nSPS) is 12.5. The van der Waals surface area contributed by atoms with Gasteiger partial charge in [0.15, 0.2) is 5.82 Å². The molecule has 0 saturated heterocycles. The van der Waals surface area contributed by atoms with Gasteiger partial charge in [0.2, 0.25) is 0 Å². The first-order valence-corrected chi connectivity index (χ1v) is 11.7. The Morgan fingerprint density at radius 3 is 2.56 bits per heavy atom. The highest BCUT2D eigenvalue weighted by Crippen LogP contribution is 2.26. The maximum Gasteiger partial charge on any atom is 0.252 e. The Morgan fingerprint density at radius 1 is 1.06 bits per heavy atom. The lowest BCUT2D eigenvalue weighted by Gasteiger charge is -2.30. The van der Waals surface area contributed by atoms with Gasteiger partial charge in [0.05, 0.1) is 19.2 Å². The highest BCUT2D eigenvalue weighted by atomic mass is 16.5. The number of H-pyrrole nitrogens is 1. The van der Waals surface area contributed by atoms with Crippen LogP contribution in [0.15, 0.2) is 53.3 Å². The van der Waals surface area contributed by atoms with E-state index in [0.29, 0.717) is 26.2 Å². The van der Waals surface area contributed by atoms with Crippen molar-refractivity contribution < 1.29 is 4.74 Å². The quantitative estimate of drug-likeness (QED) is 0.386. The van der Waals surface area contributed by atoms with E-state index in [0.717, 1.165) is 34.3 Å². The minimum absolute atomic E-state index is 0.0683. The van der Waals surface area contributed by atoms with E-state index < -0.39 is 0 Å². The van der Waals surface area contributed by atoms with Gasteiger partial charge in [-0.2, -0.15) is 0 Å². The van der Waals surface area contributed by atoms with E-state index in [4.69, 9.17) is 4.74 Å². The van der Waals surface area contributed by atoms with Gasteiger partial charge in [0, 0.05) is 31.3 Å². The third-order valence-corrected chi connectivity index (χ3v) is 6.15. The number of benzene rings is 2. The van der Waals surface area contributed by atoms with E-state index in [1.165, 1.54) is 11.1 Å². The first-order valence-electron chi connectivity index (χ1n) is 11.7. The van der Waals surface area contributed by atoms with E-state index in [9.17, 15) is 4.79 Å². The predicted octanol–water partition coefficient (Wildman–Crippen LogP) is 3.93. The van der Waals surface area contributed by atoms with Crippen LogP contribution in [0.25, 0.3) is 10.9 Å². The molecule has 34 heavy (non-hydrogen) atoms. The first-order chi connectivity index (χ1) is 16.5. The van der Waals surface area contributed by atoms with E-state index in [-0.39, 0.29) is 11.6 Å². The number of nitrogens with zero attached hydrogens (tertiary/aromatic N) is 5. The van der Waals surface area contributed by atoms with Gasteiger partial charge in [-0.1, -0.05) is 48.9 Å². The number of aryl methyl sites for hydroxylation is 2. The number of ether oxygens (including phenoxy) is 1. The van der Waals surface area contributed by atoms with Crippen LogP contribution in [-0.4, -0.2) is 43.8 Å². The van der Waals surface area contributed by atoms with Crippen molar-refractivity contribution in [1.82, 2.24) is 30.1 Å². The molecule has 8 nitrogen and oxygen atoms in total. The average Bonchev–Trinajstić information content (AvgIpc) is 3.28. The van der Waals surface area contributed by atoms with Gasteiger partial charge in [0.25, 0.3) is 5.56 Å². The van der Waals surface area contributed by atoms with Crippen molar-refractivity contribution >= 4 is 10.9 Å². The number of rotatable bonds is 10. The fourth-order valence-electron chi connectivity index (χ4n) is 4.29. The van der Waals surface area contributed by atoms with E-state index >= 15 is 0 Å². The van der Waals surface area contributed by atoms with Gasteiger partial charge in [0.1, 0.15) is 0 Å². The molecular formula is C26H32N6O2. The van der Waals surface area contributed by atoms with Crippen LogP contribution in [-0.2, 0) is 24.4 Å². The molecule has 0 aliphatic carbocycles. The highest BCUT2D eigenvalue weighted by Gasteiger charge is 2.26. The topological polar surface area (TPSA) is 88.9 Å². The fraction of sp³-hybridized carbons (Fsp3) is 0.385. The minimum Gasteiger partial charge on any atom is -0.383 e. The lowest BCUT2D eigenvalue weighted by Crippen LogP contribution is -2.32. The summed E-state index contributed by atoms with van der Waals surface area (Å²) in [5.74, 6) is 0.777. The number of fused-ring (bicyclic) bond motifs is 1. The summed E-state index contributed by atoms with van der Waals surface area (Å²) in [6.45, 7) is 8.46. The van der Waals surface area contributed by atoms with Crippen molar-refractivity contribution in [3.05, 3.63) is 87.0 Å². The second-order valence-corrected chi connectivity index (χ2v) is 8.78. The minimum atomic E-state index is -0.0687. The Bertz CT molecular complexity index is 1290. The zero-order valence-corrected chi connectivity index (χ0v) is 20.3. The Labute approximate surface area is 199 Å². The van der Waals surface area contributed by atoms with Gasteiger partial charge >= 0.3 is 0 Å². The van der Waals surface area contributed by atoms with Gasteiger partial charge in [-0.05, 0) is 59.3 Å². The summed E-state index contributed by atoms with van der Waals surface area (Å²) >= 11 is 0. The van der Waals surface area contributed by atoms with Crippen molar-refractivity contribution in [2.45, 2.75) is 52.9 Å². The molecule has 4 aromatic rings. The third kappa shape index (κ3) is 5.40. The van der Waals surface area contributed by atoms with Crippen LogP contribution >= 0.6 is 0 Å². The summed E-state index contributed by atoms with van der Waals surface area (Å²) in [6, 6.07) is 16.5. The number of tetrazole rings is 1. The molecule has 2 aromatic heterocycles. The summed E-state index contributed by atoms with van der Waals surface area (Å²) in [4.78, 5) is 18.4. The van der Waals surface area contributed by atoms with Crippen molar-refractivity contribution in [2.24, 2.45) is 0 Å². The molecule has 0 fully saturated rings. The molecule has 4 rings (SSSR count). The molecule has 178 valence electrons. The standard InChI is InChI=1S/C26H32N6O2/c1-5-24(25-28-29-30-32(25)12-13-34-4)31(16-20-9-6-18(2)7-10-20)17-22-15-21-11-8-19(3)14-23(21)27-26(22)33/h6-11,14-15,24H,5,12-13,16-17H2,1-4H3,(H,27,33)/t24-/m0/s1. The van der Waals surface area contributed by atoms with Crippen LogP contribution in [0.3, 0.4) is 0 Å². The lowest BCUT2D eigenvalue weighted by atomic mass is 10.1. The molecule has 0 amide bonds. The molecular weight excluding hydrogens is 428 g/mol. The van der Waals surface area contributed by atoms with Gasteiger partial charge in [-0.15, -0.1) is 5.10 Å². The highest BCUT2D eigenvalue weighted by molar-refractivity contribution is 5.79. The van der Waals surface area contributed by atoms with Crippen molar-refractivity contribution in [3.8, 4) is 0 Å². The maximum atomic E-state index is 13.0. The summed E-state index contributed by atoms with van der Waals surface area (Å²) in [7, 11) is 1.67. The van der Waals surface area contributed by atoms with Crippen LogP contribution in [0.2, 0.25) is 0 Å². The van der Waals surface area contributed by atoms with Crippen molar-refractivity contribution in [1.29, 1.82) is 0 Å². The van der Waals surface area contributed by atoms with Crippen LogP contribution in [0, 0.1) is 13.8 Å². The molecule has 0 bridgehead atoms. The van der Waals surface area contributed by atoms with Crippen LogP contribution in [0.5, 0.6) is 0 Å². The first kappa shape index (κ1) is 23.8. The van der Waals surface area contributed by atoms with Gasteiger partial charge in [-0.3, -0.25) is 9.69 Å². The average molecular weight is 461 g/mol. The van der Waals surface area contributed by atoms with Crippen molar-refractivity contribution in [2.75, 3.05) is 13.7 Å². The zero-order chi connectivity index (χ0) is 24.1. The van der Waals surface area contributed by atoms with E-state index in [2.05, 4.69) is 75.7 Å². The summed E-state index contributed by atoms with van der Waals surface area (Å²) in [6.07, 6.45) is 0.796. The van der Waals surface area contributed by atoms with Crippen LogP contribution in [0.1, 0.15) is 47.5 Å². The number of aromatic nitrogens is 5. The number of hydrogen-bond donors (Lipinski definition) is 1. The monoisotopic (exact) mass is 460 g/mol. The van der Waals surface area contributed by atoms with Gasteiger partial charge < -0.3 is 9.72 Å². The predicted molar refractivity (Wildman–Crippen MR) is 132 cm³/mol. The Hall–Kier alpha value is -3.36. The van der Waals surface area contributed by atoms with Crippen LogP contribution in [0.4, 0.5) is 0 Å². The molecule has 1 N–H and O–H groups in total. The Morgan fingerprint density at radius 2 is 1.82 bits per heavy atom. The van der Waals surface area contributed by atoms with E-state index in [1.807, 2.05) is 19.1 Å². The van der Waals surface area contributed by atoms with Crippen LogP contribution < -0.4 is 5.56 Å². The molecule has 0 unspecified atom stereocenters. The second kappa shape index (κ2) is 10.7. The number of hydrogen-bond acceptors (Lipinski definition) is 6. The maximum absolute atomic E-state index is 13.0. The molecule has 0 aliphatic heterocycles. The summed E-state index contributed by atoms with van der Waals surface area (Å²) in [5, 5.41) is 13.5. The summed E-state index contributed by atoms with van der Waals surface area (Å²) < 4.78 is 7.03. The molecule has 1 atom stereocenters. The Balaban J connectivity index is 1.72. The van der Waals surface area contributed by atoms with E-state index in [1.54, 1.807) is 11.8 Å². The number of pyridine rings is 1. The molecule has 2 aromatic carbocycles. The summed E-state index contributed by atoms with van der Waals surface area (Å²) in [5.41, 5.74) is 5.01. The molecule has 0 spiro atoms. The fourth-order valence-corrected chi connectivity index (χ4v) is 4.29. The molecule has 8 heteroatoms. The second-order valence-electron chi connectivity index (χ2n) is 8.78. The smallest absolute Gasteiger partial charge is 0.252 e. The Kier molecular flexibility index (Phi) is 7.49. The van der Waals surface area contributed by atoms with Crippen molar-refractivity contribution in [3.63, 3.8) is 0 Å². The molecule has 0 aliphatic rings. The third-order valence-electron chi connectivity index (χ3n) is 6.15. The largest absolute Gasteiger partial charge is 0.383 e. The SMILES string of the molecule is CC[C@@H](c1nnnn1CCOC)N(Cc1ccc(C)cc1)Cc1cc2ccc(C)cc2[nH]c1=O. The van der Waals surface area contributed by atoms with Gasteiger partial charge in [-0.25, -0.2) is 4.68 Å². The molecule has 0 radical (unpaired) electrons. The lowest BCUT2D eigenvalue weighted by molar-refractivity contribution is 0.151. The molecule has 0 saturated carbocycles. The number of methoxy groups -OCH3 is 1. The zero-order valence-electron chi connectivity index (χ0n) is 20.3. The number of nitrogens with one attached hydrogen (secondary N) is 1.